The van der Waals surface area contributed by atoms with Crippen molar-refractivity contribution >= 4 is 5.91 Å². The minimum absolute atomic E-state index is 0.246. The zero-order valence-corrected chi connectivity index (χ0v) is 15.8. The second-order valence-electron chi connectivity index (χ2n) is 7.16. The SMILES string of the molecule is CC(C)N(CCC(C(N)=O)c1ccc(-c2ccccc2)cc1)C(C)C. The Balaban J connectivity index is 2.13. The van der Waals surface area contributed by atoms with Gasteiger partial charge in [-0.2, -0.15) is 0 Å². The van der Waals surface area contributed by atoms with Crippen molar-refractivity contribution in [3.05, 3.63) is 60.2 Å². The summed E-state index contributed by atoms with van der Waals surface area (Å²) >= 11 is 0. The second kappa shape index (κ2) is 8.82. The maximum absolute atomic E-state index is 12.0. The Kier molecular flexibility index (Phi) is 6.77. The van der Waals surface area contributed by atoms with Crippen LogP contribution in [0.5, 0.6) is 0 Å². The lowest BCUT2D eigenvalue weighted by molar-refractivity contribution is -0.119. The van der Waals surface area contributed by atoms with Gasteiger partial charge in [0.2, 0.25) is 5.91 Å². The molecule has 134 valence electrons. The monoisotopic (exact) mass is 338 g/mol. The van der Waals surface area contributed by atoms with E-state index in [0.717, 1.165) is 24.1 Å². The largest absolute Gasteiger partial charge is 0.369 e. The first-order valence-corrected chi connectivity index (χ1v) is 9.10. The van der Waals surface area contributed by atoms with Crippen molar-refractivity contribution in [2.45, 2.75) is 52.1 Å². The highest BCUT2D eigenvalue weighted by molar-refractivity contribution is 5.82. The molecule has 1 unspecified atom stereocenters. The number of nitrogens with zero attached hydrogens (tertiary/aromatic N) is 1. The molecule has 0 heterocycles. The van der Waals surface area contributed by atoms with Gasteiger partial charge in [-0.05, 0) is 57.4 Å². The molecule has 0 saturated carbocycles. The van der Waals surface area contributed by atoms with Crippen molar-refractivity contribution in [1.29, 1.82) is 0 Å². The van der Waals surface area contributed by atoms with E-state index >= 15 is 0 Å². The minimum Gasteiger partial charge on any atom is -0.369 e. The van der Waals surface area contributed by atoms with Gasteiger partial charge in [0.1, 0.15) is 0 Å². The molecule has 2 N–H and O–H groups in total. The van der Waals surface area contributed by atoms with Crippen LogP contribution in [0.15, 0.2) is 54.6 Å². The van der Waals surface area contributed by atoms with Crippen LogP contribution in [0, 0.1) is 0 Å². The van der Waals surface area contributed by atoms with E-state index in [0.29, 0.717) is 12.1 Å². The molecule has 2 aromatic rings. The summed E-state index contributed by atoms with van der Waals surface area (Å²) in [7, 11) is 0. The Hall–Kier alpha value is -2.13. The number of nitrogens with two attached hydrogens (primary N) is 1. The second-order valence-corrected chi connectivity index (χ2v) is 7.16. The number of rotatable bonds is 8. The van der Waals surface area contributed by atoms with Gasteiger partial charge >= 0.3 is 0 Å². The van der Waals surface area contributed by atoms with Crippen LogP contribution in [0.25, 0.3) is 11.1 Å². The summed E-state index contributed by atoms with van der Waals surface area (Å²) in [5.74, 6) is -0.496. The molecule has 0 radical (unpaired) electrons. The van der Waals surface area contributed by atoms with Crippen molar-refractivity contribution in [2.24, 2.45) is 5.73 Å². The van der Waals surface area contributed by atoms with Crippen LogP contribution in [0.4, 0.5) is 0 Å². The lowest BCUT2D eigenvalue weighted by atomic mass is 9.92. The summed E-state index contributed by atoms with van der Waals surface area (Å²) in [6.45, 7) is 9.62. The normalized spacial score (nSPS) is 12.8. The molecular weight excluding hydrogens is 308 g/mol. The summed E-state index contributed by atoms with van der Waals surface area (Å²) < 4.78 is 0. The minimum atomic E-state index is -0.250. The Morgan fingerprint density at radius 1 is 0.880 bits per heavy atom. The lowest BCUT2D eigenvalue weighted by Crippen LogP contribution is -2.39. The van der Waals surface area contributed by atoms with E-state index in [2.05, 4.69) is 56.9 Å². The van der Waals surface area contributed by atoms with E-state index < -0.39 is 0 Å². The zero-order chi connectivity index (χ0) is 18.4. The predicted octanol–water partition coefficient (Wildman–Crippen LogP) is 4.43. The first-order valence-electron chi connectivity index (χ1n) is 9.10. The van der Waals surface area contributed by atoms with Crippen LogP contribution in [0.2, 0.25) is 0 Å². The number of carbonyl (C=O) groups excluding carboxylic acids is 1. The smallest absolute Gasteiger partial charge is 0.225 e. The van der Waals surface area contributed by atoms with Gasteiger partial charge in [-0.15, -0.1) is 0 Å². The molecule has 3 nitrogen and oxygen atoms in total. The van der Waals surface area contributed by atoms with Crippen LogP contribution >= 0.6 is 0 Å². The van der Waals surface area contributed by atoms with Gasteiger partial charge in [0.05, 0.1) is 5.92 Å². The van der Waals surface area contributed by atoms with Gasteiger partial charge < -0.3 is 5.73 Å². The van der Waals surface area contributed by atoms with Crippen LogP contribution in [-0.4, -0.2) is 29.4 Å². The quantitative estimate of drug-likeness (QED) is 0.774. The molecule has 2 rings (SSSR count). The summed E-state index contributed by atoms with van der Waals surface area (Å²) in [6.07, 6.45) is 0.746. The molecule has 1 atom stereocenters. The fraction of sp³-hybridized carbons (Fsp3) is 0.409. The third-order valence-corrected chi connectivity index (χ3v) is 4.77. The number of hydrogen-bond donors (Lipinski definition) is 1. The number of carbonyl (C=O) groups is 1. The van der Waals surface area contributed by atoms with Gasteiger partial charge in [0.15, 0.2) is 0 Å². The van der Waals surface area contributed by atoms with Crippen LogP contribution in [0.3, 0.4) is 0 Å². The average molecular weight is 338 g/mol. The van der Waals surface area contributed by atoms with Gasteiger partial charge in [0, 0.05) is 12.1 Å². The van der Waals surface area contributed by atoms with Gasteiger partial charge in [-0.1, -0.05) is 54.6 Å². The summed E-state index contributed by atoms with van der Waals surface area (Å²) in [6, 6.07) is 19.4. The lowest BCUT2D eigenvalue weighted by Gasteiger charge is -2.31. The molecule has 0 aliphatic rings. The third kappa shape index (κ3) is 5.17. The van der Waals surface area contributed by atoms with Crippen molar-refractivity contribution in [3.8, 4) is 11.1 Å². The van der Waals surface area contributed by atoms with Gasteiger partial charge in [-0.25, -0.2) is 0 Å². The van der Waals surface area contributed by atoms with E-state index in [4.69, 9.17) is 5.73 Å². The summed E-state index contributed by atoms with van der Waals surface area (Å²) in [5.41, 5.74) is 9.03. The molecule has 0 bridgehead atoms. The van der Waals surface area contributed by atoms with Gasteiger partial charge in [0.25, 0.3) is 0 Å². The Morgan fingerprint density at radius 2 is 1.40 bits per heavy atom. The van der Waals surface area contributed by atoms with Crippen LogP contribution < -0.4 is 5.73 Å². The number of benzene rings is 2. The fourth-order valence-electron chi connectivity index (χ4n) is 3.40. The van der Waals surface area contributed by atoms with E-state index in [9.17, 15) is 4.79 Å². The van der Waals surface area contributed by atoms with E-state index in [1.165, 1.54) is 5.56 Å². The highest BCUT2D eigenvalue weighted by Crippen LogP contribution is 2.25. The maximum Gasteiger partial charge on any atom is 0.225 e. The van der Waals surface area contributed by atoms with Crippen molar-refractivity contribution in [3.63, 3.8) is 0 Å². The Bertz CT molecular complexity index is 654. The topological polar surface area (TPSA) is 46.3 Å². The maximum atomic E-state index is 12.0. The number of primary amides is 1. The Morgan fingerprint density at radius 3 is 1.88 bits per heavy atom. The molecule has 0 saturated heterocycles. The zero-order valence-electron chi connectivity index (χ0n) is 15.8. The molecule has 1 amide bonds. The average Bonchev–Trinajstić information content (AvgIpc) is 2.58. The van der Waals surface area contributed by atoms with Crippen molar-refractivity contribution in [1.82, 2.24) is 4.90 Å². The van der Waals surface area contributed by atoms with Crippen LogP contribution in [-0.2, 0) is 4.79 Å². The highest BCUT2D eigenvalue weighted by Gasteiger charge is 2.21. The molecule has 0 aliphatic heterocycles. The highest BCUT2D eigenvalue weighted by atomic mass is 16.1. The summed E-state index contributed by atoms with van der Waals surface area (Å²) in [5, 5.41) is 0. The van der Waals surface area contributed by atoms with Crippen LogP contribution in [0.1, 0.15) is 45.6 Å². The molecule has 0 aromatic heterocycles. The van der Waals surface area contributed by atoms with Crippen molar-refractivity contribution in [2.75, 3.05) is 6.54 Å². The number of hydrogen-bond acceptors (Lipinski definition) is 2. The van der Waals surface area contributed by atoms with E-state index in [-0.39, 0.29) is 11.8 Å². The van der Waals surface area contributed by atoms with Crippen molar-refractivity contribution < 1.29 is 4.79 Å². The van der Waals surface area contributed by atoms with E-state index in [1.54, 1.807) is 0 Å². The molecule has 0 spiro atoms. The number of amides is 1. The molecule has 2 aromatic carbocycles. The third-order valence-electron chi connectivity index (χ3n) is 4.77. The molecule has 0 aliphatic carbocycles. The first kappa shape index (κ1) is 19.2. The van der Waals surface area contributed by atoms with Gasteiger partial charge in [-0.3, -0.25) is 9.69 Å². The summed E-state index contributed by atoms with van der Waals surface area (Å²) in [4.78, 5) is 14.4. The molecule has 25 heavy (non-hydrogen) atoms. The first-order chi connectivity index (χ1) is 11.9. The molecule has 3 heteroatoms. The standard InChI is InChI=1S/C22H30N2O/c1-16(2)24(17(3)4)15-14-21(22(23)25)20-12-10-19(11-13-20)18-8-6-5-7-9-18/h5-13,16-17,21H,14-15H2,1-4H3,(H2,23,25). The molecule has 0 fully saturated rings. The fourth-order valence-corrected chi connectivity index (χ4v) is 3.40. The predicted molar refractivity (Wildman–Crippen MR) is 105 cm³/mol. The van der Waals surface area contributed by atoms with E-state index in [1.807, 2.05) is 30.3 Å². The Labute approximate surface area is 151 Å². The molecular formula is C22H30N2O.